The van der Waals surface area contributed by atoms with Gasteiger partial charge in [0.2, 0.25) is 5.12 Å². The molecule has 0 saturated carbocycles. The topological polar surface area (TPSA) is 20.3 Å². The molecular weight excluding hydrogens is 206 g/mol. The van der Waals surface area contributed by atoms with Crippen molar-refractivity contribution in [1.82, 2.24) is 4.90 Å². The normalized spacial score (nSPS) is 30.1. The largest absolute Gasteiger partial charge is 0.288 e. The number of rotatable bonds is 0. The minimum atomic E-state index is -0.0479. The van der Waals surface area contributed by atoms with Crippen LogP contribution in [-0.2, 0) is 4.87 Å². The van der Waals surface area contributed by atoms with Gasteiger partial charge in [-0.05, 0) is 32.0 Å². The van der Waals surface area contributed by atoms with Crippen LogP contribution < -0.4 is 0 Å². The zero-order valence-electron chi connectivity index (χ0n) is 8.69. The monoisotopic (exact) mass is 219 g/mol. The number of nitrogens with zero attached hydrogens (tertiary/aromatic N) is 1. The number of likely N-dealkylation sites (tertiary alicyclic amines) is 1. The van der Waals surface area contributed by atoms with Gasteiger partial charge >= 0.3 is 0 Å². The molecule has 1 spiro atoms. The summed E-state index contributed by atoms with van der Waals surface area (Å²) in [5.41, 5.74) is 2.14. The molecule has 1 fully saturated rings. The fraction of sp³-hybridized carbons (Fsp3) is 0.417. The molecule has 0 N–H and O–H groups in total. The third-order valence-electron chi connectivity index (χ3n) is 3.46. The van der Waals surface area contributed by atoms with Gasteiger partial charge in [-0.25, -0.2) is 0 Å². The number of carbonyl (C=O) groups excluding carboxylic acids is 1. The Balaban J connectivity index is 2.19. The summed E-state index contributed by atoms with van der Waals surface area (Å²) in [4.78, 5) is 14.2. The average molecular weight is 219 g/mol. The van der Waals surface area contributed by atoms with E-state index in [0.29, 0.717) is 0 Å². The minimum absolute atomic E-state index is 0.0479. The number of hydrogen-bond donors (Lipinski definition) is 0. The Bertz CT molecular complexity index is 431. The molecule has 1 saturated heterocycles. The SMILES string of the molecule is CN1CCCC12SC(=O)c1ccccc12. The lowest BCUT2D eigenvalue weighted by Crippen LogP contribution is -2.33. The quantitative estimate of drug-likeness (QED) is 0.668. The second-order valence-electron chi connectivity index (χ2n) is 4.24. The number of hydrogen-bond acceptors (Lipinski definition) is 3. The lowest BCUT2D eigenvalue weighted by atomic mass is 9.99. The predicted molar refractivity (Wildman–Crippen MR) is 61.9 cm³/mol. The van der Waals surface area contributed by atoms with Gasteiger partial charge in [0.15, 0.2) is 0 Å². The maximum absolute atomic E-state index is 11.9. The summed E-state index contributed by atoms with van der Waals surface area (Å²) in [6.07, 6.45) is 2.28. The lowest BCUT2D eigenvalue weighted by molar-refractivity contribution is 0.109. The highest BCUT2D eigenvalue weighted by Crippen LogP contribution is 2.54. The third-order valence-corrected chi connectivity index (χ3v) is 4.93. The zero-order chi connectivity index (χ0) is 10.5. The third kappa shape index (κ3) is 1.13. The first-order valence-corrected chi connectivity index (χ1v) is 6.10. The van der Waals surface area contributed by atoms with E-state index in [1.54, 1.807) is 0 Å². The highest BCUT2D eigenvalue weighted by Gasteiger charge is 2.49. The summed E-state index contributed by atoms with van der Waals surface area (Å²) in [5.74, 6) is 0. The molecule has 0 bridgehead atoms. The van der Waals surface area contributed by atoms with Gasteiger partial charge in [-0.1, -0.05) is 36.0 Å². The fourth-order valence-electron chi connectivity index (χ4n) is 2.66. The summed E-state index contributed by atoms with van der Waals surface area (Å²) in [5, 5.41) is 0.236. The first-order valence-electron chi connectivity index (χ1n) is 5.28. The van der Waals surface area contributed by atoms with Crippen LogP contribution >= 0.6 is 11.8 Å². The molecule has 3 heteroatoms. The smallest absolute Gasteiger partial charge is 0.221 e. The van der Waals surface area contributed by atoms with Gasteiger partial charge in [-0.15, -0.1) is 0 Å². The molecule has 2 heterocycles. The fourth-order valence-corrected chi connectivity index (χ4v) is 4.04. The molecule has 1 unspecified atom stereocenters. The summed E-state index contributed by atoms with van der Waals surface area (Å²) >= 11 is 1.50. The van der Waals surface area contributed by atoms with Crippen LogP contribution in [0.4, 0.5) is 0 Å². The van der Waals surface area contributed by atoms with E-state index in [2.05, 4.69) is 18.0 Å². The molecule has 2 aliphatic heterocycles. The van der Waals surface area contributed by atoms with E-state index in [4.69, 9.17) is 0 Å². The average Bonchev–Trinajstić information content (AvgIpc) is 2.74. The highest BCUT2D eigenvalue weighted by molar-refractivity contribution is 8.15. The summed E-state index contributed by atoms with van der Waals surface area (Å²) in [6.45, 7) is 1.09. The van der Waals surface area contributed by atoms with Gasteiger partial charge in [0.05, 0.1) is 0 Å². The summed E-state index contributed by atoms with van der Waals surface area (Å²) in [6, 6.07) is 8.04. The first kappa shape index (κ1) is 9.43. The summed E-state index contributed by atoms with van der Waals surface area (Å²) in [7, 11) is 2.12. The Hall–Kier alpha value is -0.800. The van der Waals surface area contributed by atoms with E-state index in [0.717, 1.165) is 18.5 Å². The Morgan fingerprint density at radius 3 is 2.93 bits per heavy atom. The van der Waals surface area contributed by atoms with Gasteiger partial charge in [0.1, 0.15) is 4.87 Å². The van der Waals surface area contributed by atoms with Crippen molar-refractivity contribution in [1.29, 1.82) is 0 Å². The van der Waals surface area contributed by atoms with E-state index in [9.17, 15) is 4.79 Å². The van der Waals surface area contributed by atoms with Crippen molar-refractivity contribution in [2.45, 2.75) is 17.7 Å². The van der Waals surface area contributed by atoms with Crippen molar-refractivity contribution < 1.29 is 4.79 Å². The Kier molecular flexibility index (Phi) is 1.94. The lowest BCUT2D eigenvalue weighted by Gasteiger charge is -2.31. The van der Waals surface area contributed by atoms with Crippen LogP contribution in [0.25, 0.3) is 0 Å². The molecule has 2 aliphatic rings. The van der Waals surface area contributed by atoms with E-state index in [-0.39, 0.29) is 9.99 Å². The minimum Gasteiger partial charge on any atom is -0.288 e. The van der Waals surface area contributed by atoms with Crippen LogP contribution in [0.2, 0.25) is 0 Å². The van der Waals surface area contributed by atoms with Gasteiger partial charge in [-0.2, -0.15) is 0 Å². The van der Waals surface area contributed by atoms with Crippen LogP contribution in [0.15, 0.2) is 24.3 Å². The molecule has 15 heavy (non-hydrogen) atoms. The van der Waals surface area contributed by atoms with Gasteiger partial charge in [0.25, 0.3) is 0 Å². The predicted octanol–water partition coefficient (Wildman–Crippen LogP) is 2.45. The molecule has 3 rings (SSSR count). The van der Waals surface area contributed by atoms with Crippen LogP contribution in [0, 0.1) is 0 Å². The number of fused-ring (bicyclic) bond motifs is 2. The molecule has 1 aromatic rings. The van der Waals surface area contributed by atoms with Crippen LogP contribution in [0.1, 0.15) is 28.8 Å². The molecule has 1 aromatic carbocycles. The molecule has 0 aliphatic carbocycles. The number of thioether (sulfide) groups is 1. The second-order valence-corrected chi connectivity index (χ2v) is 5.49. The standard InChI is InChI=1S/C12H13NOS/c1-13-8-4-7-12(13)10-6-3-2-5-9(10)11(14)15-12/h2-3,5-6H,4,7-8H2,1H3. The van der Waals surface area contributed by atoms with E-state index in [1.165, 1.54) is 23.7 Å². The molecule has 1 atom stereocenters. The highest BCUT2D eigenvalue weighted by atomic mass is 32.2. The number of benzene rings is 1. The van der Waals surface area contributed by atoms with Crippen molar-refractivity contribution in [3.63, 3.8) is 0 Å². The Morgan fingerprint density at radius 1 is 1.40 bits per heavy atom. The van der Waals surface area contributed by atoms with Crippen LogP contribution in [-0.4, -0.2) is 23.6 Å². The molecule has 2 nitrogen and oxygen atoms in total. The van der Waals surface area contributed by atoms with Gasteiger partial charge in [0, 0.05) is 5.56 Å². The first-order chi connectivity index (χ1) is 7.24. The molecule has 0 radical (unpaired) electrons. The Morgan fingerprint density at radius 2 is 2.20 bits per heavy atom. The van der Waals surface area contributed by atoms with E-state index < -0.39 is 0 Å². The van der Waals surface area contributed by atoms with Crippen LogP contribution in [0.5, 0.6) is 0 Å². The maximum atomic E-state index is 11.9. The Labute approximate surface area is 93.7 Å². The molecule has 0 amide bonds. The van der Waals surface area contributed by atoms with Crippen molar-refractivity contribution >= 4 is 16.9 Å². The van der Waals surface area contributed by atoms with Gasteiger partial charge in [-0.3, -0.25) is 9.69 Å². The van der Waals surface area contributed by atoms with Crippen molar-refractivity contribution in [3.8, 4) is 0 Å². The van der Waals surface area contributed by atoms with Crippen molar-refractivity contribution in [2.75, 3.05) is 13.6 Å². The maximum Gasteiger partial charge on any atom is 0.221 e. The van der Waals surface area contributed by atoms with Crippen molar-refractivity contribution in [2.24, 2.45) is 0 Å². The van der Waals surface area contributed by atoms with Gasteiger partial charge < -0.3 is 0 Å². The summed E-state index contributed by atoms with van der Waals surface area (Å²) < 4.78 is 0. The molecular formula is C12H13NOS. The molecule has 0 aromatic heterocycles. The zero-order valence-corrected chi connectivity index (χ0v) is 9.51. The molecule has 78 valence electrons. The second kappa shape index (κ2) is 3.09. The van der Waals surface area contributed by atoms with Crippen molar-refractivity contribution in [3.05, 3.63) is 35.4 Å². The number of carbonyl (C=O) groups is 1. The van der Waals surface area contributed by atoms with E-state index >= 15 is 0 Å². The van der Waals surface area contributed by atoms with Crippen LogP contribution in [0.3, 0.4) is 0 Å². The van der Waals surface area contributed by atoms with E-state index in [1.807, 2.05) is 18.2 Å².